The van der Waals surface area contributed by atoms with Gasteiger partial charge in [-0.3, -0.25) is 0 Å². The summed E-state index contributed by atoms with van der Waals surface area (Å²) >= 11 is 0. The molecule has 1 heterocycles. The van der Waals surface area contributed by atoms with Gasteiger partial charge >= 0.3 is 0 Å². The Hall–Kier alpha value is -0.990. The summed E-state index contributed by atoms with van der Waals surface area (Å²) in [6.45, 7) is 0. The Kier molecular flexibility index (Phi) is 2.25. The second-order valence-electron chi connectivity index (χ2n) is 3.94. The summed E-state index contributed by atoms with van der Waals surface area (Å²) < 4.78 is 2.02. The normalized spacial score (nSPS) is 19.2. The molecule has 0 atom stereocenters. The predicted octanol–water partition coefficient (Wildman–Crippen LogP) is 2.05. The Bertz CT molecular complexity index is 284. The number of rotatable bonds is 1. The largest absolute Gasteiger partial charge is 0.369 e. The van der Waals surface area contributed by atoms with Crippen LogP contribution in [0, 0.1) is 0 Å². The number of aromatic nitrogens is 2. The lowest BCUT2D eigenvalue weighted by Crippen LogP contribution is -2.09. The summed E-state index contributed by atoms with van der Waals surface area (Å²) in [7, 11) is 2.01. The van der Waals surface area contributed by atoms with Crippen LogP contribution in [-0.2, 0) is 7.05 Å². The highest BCUT2D eigenvalue weighted by molar-refractivity contribution is 5.24. The molecule has 1 aliphatic carbocycles. The fourth-order valence-corrected chi connectivity index (χ4v) is 2.22. The molecular weight excluding hydrogens is 162 g/mol. The van der Waals surface area contributed by atoms with Gasteiger partial charge in [0.05, 0.1) is 6.20 Å². The molecule has 1 saturated carbocycles. The van der Waals surface area contributed by atoms with Gasteiger partial charge in [-0.25, -0.2) is 4.98 Å². The minimum Gasteiger partial charge on any atom is -0.369 e. The van der Waals surface area contributed by atoms with E-state index in [2.05, 4.69) is 4.98 Å². The Balaban J connectivity index is 2.18. The molecule has 0 radical (unpaired) electrons. The van der Waals surface area contributed by atoms with E-state index >= 15 is 0 Å². The minimum absolute atomic E-state index is 0.639. The van der Waals surface area contributed by atoms with Crippen LogP contribution in [0.4, 0.5) is 5.95 Å². The van der Waals surface area contributed by atoms with Crippen molar-refractivity contribution in [2.75, 3.05) is 5.73 Å². The molecule has 72 valence electrons. The highest BCUT2D eigenvalue weighted by Gasteiger charge is 2.18. The number of nitrogens with zero attached hydrogens (tertiary/aromatic N) is 2. The fraction of sp³-hybridized carbons (Fsp3) is 0.700. The van der Waals surface area contributed by atoms with Crippen LogP contribution in [-0.4, -0.2) is 9.55 Å². The Morgan fingerprint density at radius 2 is 2.08 bits per heavy atom. The molecule has 1 fully saturated rings. The van der Waals surface area contributed by atoms with E-state index in [1.807, 2.05) is 17.8 Å². The molecule has 3 nitrogen and oxygen atoms in total. The van der Waals surface area contributed by atoms with Gasteiger partial charge in [0.25, 0.3) is 0 Å². The first kappa shape index (κ1) is 8.60. The zero-order valence-corrected chi connectivity index (χ0v) is 8.16. The monoisotopic (exact) mass is 179 g/mol. The van der Waals surface area contributed by atoms with Crippen LogP contribution in [0.3, 0.4) is 0 Å². The van der Waals surface area contributed by atoms with Gasteiger partial charge in [0.2, 0.25) is 0 Å². The van der Waals surface area contributed by atoms with E-state index in [1.54, 1.807) is 0 Å². The van der Waals surface area contributed by atoms with Gasteiger partial charge in [0.1, 0.15) is 0 Å². The third-order valence-electron chi connectivity index (χ3n) is 3.08. The highest BCUT2D eigenvalue weighted by atomic mass is 15.1. The van der Waals surface area contributed by atoms with Crippen molar-refractivity contribution < 1.29 is 0 Å². The number of nitrogens with two attached hydrogens (primary N) is 1. The summed E-state index contributed by atoms with van der Waals surface area (Å²) in [5.74, 6) is 1.34. The second-order valence-corrected chi connectivity index (χ2v) is 3.94. The molecule has 1 aromatic rings. The number of imidazole rings is 1. The van der Waals surface area contributed by atoms with Gasteiger partial charge < -0.3 is 10.3 Å². The van der Waals surface area contributed by atoms with Crippen LogP contribution in [0.5, 0.6) is 0 Å². The molecule has 13 heavy (non-hydrogen) atoms. The maximum atomic E-state index is 5.70. The Morgan fingerprint density at radius 1 is 1.38 bits per heavy atom. The Morgan fingerprint density at radius 3 is 2.62 bits per heavy atom. The lowest BCUT2D eigenvalue weighted by atomic mass is 9.87. The van der Waals surface area contributed by atoms with E-state index < -0.39 is 0 Å². The number of nitrogen functional groups attached to an aromatic ring is 1. The molecule has 0 amide bonds. The average Bonchev–Trinajstić information content (AvgIpc) is 2.49. The van der Waals surface area contributed by atoms with Gasteiger partial charge in [0, 0.05) is 18.7 Å². The molecule has 0 unspecified atom stereocenters. The maximum absolute atomic E-state index is 5.70. The SMILES string of the molecule is Cn1c(C2CCCCC2)cnc1N. The fourth-order valence-electron chi connectivity index (χ4n) is 2.22. The van der Waals surface area contributed by atoms with E-state index in [0.717, 1.165) is 0 Å². The van der Waals surface area contributed by atoms with Crippen molar-refractivity contribution in [3.05, 3.63) is 11.9 Å². The first-order chi connectivity index (χ1) is 6.29. The van der Waals surface area contributed by atoms with Gasteiger partial charge in [0.15, 0.2) is 5.95 Å². The zero-order valence-electron chi connectivity index (χ0n) is 8.16. The van der Waals surface area contributed by atoms with Crippen molar-refractivity contribution in [2.24, 2.45) is 7.05 Å². The second kappa shape index (κ2) is 3.40. The molecule has 1 aromatic heterocycles. The van der Waals surface area contributed by atoms with Gasteiger partial charge in [-0.15, -0.1) is 0 Å². The topological polar surface area (TPSA) is 43.8 Å². The molecule has 2 rings (SSSR count). The third kappa shape index (κ3) is 1.55. The predicted molar refractivity (Wildman–Crippen MR) is 53.4 cm³/mol. The molecular formula is C10H17N3. The Labute approximate surface area is 79.0 Å². The van der Waals surface area contributed by atoms with Gasteiger partial charge in [-0.1, -0.05) is 19.3 Å². The van der Waals surface area contributed by atoms with Crippen molar-refractivity contribution >= 4 is 5.95 Å². The molecule has 2 N–H and O–H groups in total. The average molecular weight is 179 g/mol. The van der Waals surface area contributed by atoms with E-state index in [0.29, 0.717) is 11.9 Å². The number of anilines is 1. The van der Waals surface area contributed by atoms with E-state index in [9.17, 15) is 0 Å². The van der Waals surface area contributed by atoms with Crippen LogP contribution in [0.25, 0.3) is 0 Å². The van der Waals surface area contributed by atoms with Crippen molar-refractivity contribution in [3.8, 4) is 0 Å². The molecule has 3 heteroatoms. The molecule has 0 aromatic carbocycles. The van der Waals surface area contributed by atoms with Crippen molar-refractivity contribution in [1.29, 1.82) is 0 Å². The van der Waals surface area contributed by atoms with Crippen LogP contribution in [0.15, 0.2) is 6.20 Å². The number of hydrogen-bond donors (Lipinski definition) is 1. The quantitative estimate of drug-likeness (QED) is 0.717. The molecule has 0 aliphatic heterocycles. The third-order valence-corrected chi connectivity index (χ3v) is 3.08. The zero-order chi connectivity index (χ0) is 9.26. The smallest absolute Gasteiger partial charge is 0.200 e. The van der Waals surface area contributed by atoms with Crippen LogP contribution in [0.1, 0.15) is 43.7 Å². The van der Waals surface area contributed by atoms with Gasteiger partial charge in [-0.2, -0.15) is 0 Å². The minimum atomic E-state index is 0.639. The summed E-state index contributed by atoms with van der Waals surface area (Å²) in [6.07, 6.45) is 8.65. The van der Waals surface area contributed by atoms with Crippen LogP contribution in [0.2, 0.25) is 0 Å². The standard InChI is InChI=1S/C10H17N3/c1-13-9(7-12-10(13)11)8-5-3-2-4-6-8/h7-8H,2-6H2,1H3,(H2,11,12). The number of hydrogen-bond acceptors (Lipinski definition) is 2. The van der Waals surface area contributed by atoms with Crippen molar-refractivity contribution in [1.82, 2.24) is 9.55 Å². The highest BCUT2D eigenvalue weighted by Crippen LogP contribution is 2.32. The van der Waals surface area contributed by atoms with Crippen LogP contribution >= 0.6 is 0 Å². The summed E-state index contributed by atoms with van der Waals surface area (Å²) in [5, 5.41) is 0. The van der Waals surface area contributed by atoms with E-state index in [-0.39, 0.29) is 0 Å². The molecule has 0 spiro atoms. The summed E-state index contributed by atoms with van der Waals surface area (Å²) in [6, 6.07) is 0. The summed E-state index contributed by atoms with van der Waals surface area (Å²) in [4.78, 5) is 4.13. The van der Waals surface area contributed by atoms with Gasteiger partial charge in [-0.05, 0) is 12.8 Å². The van der Waals surface area contributed by atoms with Crippen molar-refractivity contribution in [3.63, 3.8) is 0 Å². The van der Waals surface area contributed by atoms with E-state index in [4.69, 9.17) is 5.73 Å². The van der Waals surface area contributed by atoms with Crippen LogP contribution < -0.4 is 5.73 Å². The first-order valence-corrected chi connectivity index (χ1v) is 5.06. The summed E-state index contributed by atoms with van der Waals surface area (Å²) in [5.41, 5.74) is 7.02. The maximum Gasteiger partial charge on any atom is 0.200 e. The lowest BCUT2D eigenvalue weighted by Gasteiger charge is -2.21. The van der Waals surface area contributed by atoms with E-state index in [1.165, 1.54) is 37.8 Å². The molecule has 1 aliphatic rings. The van der Waals surface area contributed by atoms with Crippen molar-refractivity contribution in [2.45, 2.75) is 38.0 Å². The first-order valence-electron chi connectivity index (χ1n) is 5.06. The molecule has 0 bridgehead atoms. The molecule has 0 saturated heterocycles. The lowest BCUT2D eigenvalue weighted by molar-refractivity contribution is 0.430.